The lowest BCUT2D eigenvalue weighted by atomic mass is 10.2. The molecule has 0 amide bonds. The van der Waals surface area contributed by atoms with E-state index in [2.05, 4.69) is 5.09 Å². The maximum Gasteiger partial charge on any atom is 0.187 e. The molecule has 1 aromatic rings. The van der Waals surface area contributed by atoms with Crippen LogP contribution in [0.5, 0.6) is 0 Å². The second-order valence-corrected chi connectivity index (χ2v) is 3.88. The van der Waals surface area contributed by atoms with Gasteiger partial charge in [0.1, 0.15) is 0 Å². The van der Waals surface area contributed by atoms with E-state index in [1.54, 1.807) is 6.20 Å². The lowest BCUT2D eigenvalue weighted by Gasteiger charge is -2.10. The first-order chi connectivity index (χ1) is 5.38. The molecular weight excluding hydrogens is 157 g/mol. The first-order valence-electron chi connectivity index (χ1n) is 3.44. The monoisotopic (exact) mass is 165 g/mol. The molecule has 1 aliphatic heterocycles. The summed E-state index contributed by atoms with van der Waals surface area (Å²) in [6.07, 6.45) is 3.67. The van der Waals surface area contributed by atoms with Crippen molar-refractivity contribution in [3.8, 4) is 0 Å². The number of fused-ring (bicyclic) bond motifs is 1. The van der Waals surface area contributed by atoms with E-state index in [0.717, 1.165) is 10.9 Å². The minimum Gasteiger partial charge on any atom is -0.341 e. The molecule has 0 radical (unpaired) electrons. The molecule has 3 heteroatoms. The van der Waals surface area contributed by atoms with Crippen LogP contribution in [0.25, 0.3) is 6.08 Å². The van der Waals surface area contributed by atoms with Crippen LogP contribution in [0.15, 0.2) is 30.5 Å². The van der Waals surface area contributed by atoms with Crippen molar-refractivity contribution in [2.75, 3.05) is 0 Å². The molecule has 1 aromatic carbocycles. The van der Waals surface area contributed by atoms with Crippen molar-refractivity contribution in [2.24, 2.45) is 0 Å². The highest BCUT2D eigenvalue weighted by atomic mass is 31.1. The third-order valence-corrected chi connectivity index (χ3v) is 3.06. The van der Waals surface area contributed by atoms with Crippen LogP contribution in [-0.4, -0.2) is 0 Å². The van der Waals surface area contributed by atoms with Gasteiger partial charge in [-0.25, -0.2) is 0 Å². The maximum atomic E-state index is 11.3. The molecule has 0 aromatic heterocycles. The average molecular weight is 165 g/mol. The topological polar surface area (TPSA) is 29.1 Å². The van der Waals surface area contributed by atoms with Gasteiger partial charge in [0, 0.05) is 11.5 Å². The molecule has 1 heterocycles. The van der Waals surface area contributed by atoms with Crippen molar-refractivity contribution in [2.45, 2.75) is 0 Å². The smallest absolute Gasteiger partial charge is 0.187 e. The Morgan fingerprint density at radius 1 is 1.27 bits per heavy atom. The maximum absolute atomic E-state index is 11.3. The Morgan fingerprint density at radius 3 is 2.91 bits per heavy atom. The summed E-state index contributed by atoms with van der Waals surface area (Å²) < 4.78 is 11.3. The summed E-state index contributed by atoms with van der Waals surface area (Å²) in [7, 11) is -1.74. The lowest BCUT2D eigenvalue weighted by molar-refractivity contribution is 0.590. The van der Waals surface area contributed by atoms with E-state index in [9.17, 15) is 4.57 Å². The molecule has 0 aliphatic carbocycles. The largest absolute Gasteiger partial charge is 0.341 e. The Kier molecular flexibility index (Phi) is 1.55. The zero-order chi connectivity index (χ0) is 7.68. The standard InChI is InChI=1S/C8H8NOP/c10-11-8-4-2-1-3-7(8)5-6-9-11/h1-6,11H,(H,9,10). The third kappa shape index (κ3) is 1.10. The van der Waals surface area contributed by atoms with Crippen LogP contribution in [0.4, 0.5) is 0 Å². The molecule has 56 valence electrons. The van der Waals surface area contributed by atoms with Crippen molar-refractivity contribution in [3.05, 3.63) is 36.0 Å². The minimum absolute atomic E-state index is 0.931. The molecular formula is C8H8NOP. The Balaban J connectivity index is 2.63. The van der Waals surface area contributed by atoms with E-state index in [4.69, 9.17) is 0 Å². The molecule has 11 heavy (non-hydrogen) atoms. The Hall–Kier alpha value is -1.01. The summed E-state index contributed by atoms with van der Waals surface area (Å²) >= 11 is 0. The molecule has 1 aliphatic rings. The Morgan fingerprint density at radius 2 is 2.09 bits per heavy atom. The average Bonchev–Trinajstić information content (AvgIpc) is 2.06. The van der Waals surface area contributed by atoms with Gasteiger partial charge in [0.2, 0.25) is 0 Å². The van der Waals surface area contributed by atoms with Gasteiger partial charge in [-0.05, 0) is 17.7 Å². The number of benzene rings is 1. The number of nitrogens with one attached hydrogen (secondary N) is 1. The van der Waals surface area contributed by atoms with Crippen molar-refractivity contribution in [3.63, 3.8) is 0 Å². The highest BCUT2D eigenvalue weighted by Crippen LogP contribution is 2.21. The van der Waals surface area contributed by atoms with E-state index in [1.807, 2.05) is 30.3 Å². The van der Waals surface area contributed by atoms with Gasteiger partial charge in [-0.3, -0.25) is 4.57 Å². The molecule has 2 nitrogen and oxygen atoms in total. The van der Waals surface area contributed by atoms with Gasteiger partial charge in [0.15, 0.2) is 7.95 Å². The van der Waals surface area contributed by atoms with Gasteiger partial charge in [0.25, 0.3) is 0 Å². The fourth-order valence-corrected chi connectivity index (χ4v) is 2.20. The van der Waals surface area contributed by atoms with Crippen molar-refractivity contribution < 1.29 is 4.57 Å². The van der Waals surface area contributed by atoms with Crippen LogP contribution < -0.4 is 10.4 Å². The van der Waals surface area contributed by atoms with Crippen LogP contribution >= 0.6 is 7.95 Å². The zero-order valence-corrected chi connectivity index (χ0v) is 6.87. The van der Waals surface area contributed by atoms with Crippen molar-refractivity contribution >= 4 is 19.3 Å². The second-order valence-electron chi connectivity index (χ2n) is 2.39. The van der Waals surface area contributed by atoms with Gasteiger partial charge in [-0.15, -0.1) is 0 Å². The molecule has 0 bridgehead atoms. The first kappa shape index (κ1) is 6.68. The predicted octanol–water partition coefficient (Wildman–Crippen LogP) is 1.36. The zero-order valence-electron chi connectivity index (χ0n) is 5.87. The molecule has 1 N–H and O–H groups in total. The van der Waals surface area contributed by atoms with E-state index < -0.39 is 7.95 Å². The SMILES string of the molecule is O=[PH]1NC=Cc2ccccc21. The van der Waals surface area contributed by atoms with Crippen LogP contribution in [0, 0.1) is 0 Å². The van der Waals surface area contributed by atoms with E-state index in [1.165, 1.54) is 0 Å². The van der Waals surface area contributed by atoms with Gasteiger partial charge in [0.05, 0.1) is 0 Å². The van der Waals surface area contributed by atoms with Crippen molar-refractivity contribution in [1.29, 1.82) is 0 Å². The summed E-state index contributed by atoms with van der Waals surface area (Å²) in [5, 5.41) is 3.73. The first-order valence-corrected chi connectivity index (χ1v) is 4.85. The molecule has 0 spiro atoms. The van der Waals surface area contributed by atoms with Crippen molar-refractivity contribution in [1.82, 2.24) is 5.09 Å². The Bertz CT molecular complexity index is 333. The number of hydrogen-bond acceptors (Lipinski definition) is 1. The molecule has 0 fully saturated rings. The number of hydrogen-bond donors (Lipinski definition) is 1. The number of rotatable bonds is 0. The molecule has 1 atom stereocenters. The van der Waals surface area contributed by atoms with E-state index in [0.29, 0.717) is 0 Å². The predicted molar refractivity (Wildman–Crippen MR) is 47.2 cm³/mol. The normalized spacial score (nSPS) is 20.5. The van der Waals surface area contributed by atoms with E-state index in [-0.39, 0.29) is 0 Å². The second kappa shape index (κ2) is 2.55. The molecule has 2 rings (SSSR count). The van der Waals surface area contributed by atoms with Gasteiger partial charge < -0.3 is 5.09 Å². The van der Waals surface area contributed by atoms with Crippen LogP contribution in [0.2, 0.25) is 0 Å². The minimum atomic E-state index is -1.74. The summed E-state index contributed by atoms with van der Waals surface area (Å²) in [5.41, 5.74) is 1.06. The highest BCUT2D eigenvalue weighted by Gasteiger charge is 2.07. The van der Waals surface area contributed by atoms with E-state index >= 15 is 0 Å². The highest BCUT2D eigenvalue weighted by molar-refractivity contribution is 7.51. The van der Waals surface area contributed by atoms with Gasteiger partial charge in [-0.2, -0.15) is 0 Å². The summed E-state index contributed by atoms with van der Waals surface area (Å²) in [4.78, 5) is 0. The molecule has 0 saturated carbocycles. The summed E-state index contributed by atoms with van der Waals surface area (Å²) in [6, 6.07) is 7.72. The fourth-order valence-electron chi connectivity index (χ4n) is 1.13. The Labute approximate surface area is 65.8 Å². The van der Waals surface area contributed by atoms with Crippen LogP contribution in [0.3, 0.4) is 0 Å². The summed E-state index contributed by atoms with van der Waals surface area (Å²) in [5.74, 6) is 0. The lowest BCUT2D eigenvalue weighted by Crippen LogP contribution is -2.12. The van der Waals surface area contributed by atoms with Crippen LogP contribution in [-0.2, 0) is 4.57 Å². The summed E-state index contributed by atoms with van der Waals surface area (Å²) in [6.45, 7) is 0. The van der Waals surface area contributed by atoms with Crippen LogP contribution in [0.1, 0.15) is 5.56 Å². The molecule has 1 unspecified atom stereocenters. The fraction of sp³-hybridized carbons (Fsp3) is 0. The van der Waals surface area contributed by atoms with Gasteiger partial charge >= 0.3 is 0 Å². The van der Waals surface area contributed by atoms with Gasteiger partial charge in [-0.1, -0.05) is 18.2 Å². The molecule has 0 saturated heterocycles. The third-order valence-electron chi connectivity index (χ3n) is 1.68. The quantitative estimate of drug-likeness (QED) is 0.588.